The summed E-state index contributed by atoms with van der Waals surface area (Å²) < 4.78 is 1.15. The predicted molar refractivity (Wildman–Crippen MR) is 137 cm³/mol. The molecule has 1 fully saturated rings. The number of Topliss-reactive ketones (excluding diaryl/α,β-unsaturated/α-hetero) is 1. The molecular formula is C28H32N4O5. The van der Waals surface area contributed by atoms with Gasteiger partial charge in [0.05, 0.1) is 24.1 Å². The zero-order chi connectivity index (χ0) is 26.5. The van der Waals surface area contributed by atoms with Crippen molar-refractivity contribution in [1.29, 1.82) is 0 Å². The van der Waals surface area contributed by atoms with E-state index in [1.54, 1.807) is 25.1 Å². The Morgan fingerprint density at radius 3 is 2.27 bits per heavy atom. The van der Waals surface area contributed by atoms with E-state index in [1.165, 1.54) is 13.2 Å². The molecule has 9 heteroatoms. The van der Waals surface area contributed by atoms with Crippen LogP contribution in [0.25, 0.3) is 0 Å². The van der Waals surface area contributed by atoms with Crippen molar-refractivity contribution in [2.45, 2.75) is 51.1 Å². The van der Waals surface area contributed by atoms with Crippen LogP contribution in [0.5, 0.6) is 11.8 Å². The smallest absolute Gasteiger partial charge is 0.270 e. The van der Waals surface area contributed by atoms with Gasteiger partial charge in [0.1, 0.15) is 5.69 Å². The molecule has 2 aromatic heterocycles. The number of pyridine rings is 1. The number of nitrogens with one attached hydrogen (secondary N) is 2. The molecule has 1 unspecified atom stereocenters. The lowest BCUT2D eigenvalue weighted by Crippen LogP contribution is -2.46. The number of nitrogens with zero attached hydrogens (tertiary/aromatic N) is 2. The standard InChI is InChI=1S/C28H32N4O5/c1-17-23(28(37)32(2)27(17)36)25(34)24(19-12-6-7-13-19)31-22(33)16-21(18-10-4-3-5-11-18)30-26(35)20-14-8-9-15-29-20/h3-5,8-11,14-15,19,21,24,36-37H,6-7,12-13,16H2,1-2H3,(H,30,35)(H,31,33)/t21-,24?/m0/s1. The highest BCUT2D eigenvalue weighted by molar-refractivity contribution is 6.05. The van der Waals surface area contributed by atoms with Crippen LogP contribution < -0.4 is 10.6 Å². The van der Waals surface area contributed by atoms with Crippen molar-refractivity contribution in [3.8, 4) is 11.8 Å². The lowest BCUT2D eigenvalue weighted by atomic mass is 9.90. The zero-order valence-electron chi connectivity index (χ0n) is 21.0. The third-order valence-corrected chi connectivity index (χ3v) is 7.08. The molecule has 1 aliphatic rings. The van der Waals surface area contributed by atoms with Crippen molar-refractivity contribution in [2.75, 3.05) is 0 Å². The Morgan fingerprint density at radius 2 is 1.68 bits per heavy atom. The highest BCUT2D eigenvalue weighted by Gasteiger charge is 2.36. The van der Waals surface area contributed by atoms with E-state index in [2.05, 4.69) is 15.6 Å². The fourth-order valence-electron chi connectivity index (χ4n) is 5.02. The van der Waals surface area contributed by atoms with Crippen LogP contribution >= 0.6 is 0 Å². The average molecular weight is 505 g/mol. The van der Waals surface area contributed by atoms with Crippen molar-refractivity contribution in [3.63, 3.8) is 0 Å². The van der Waals surface area contributed by atoms with E-state index < -0.39 is 29.7 Å². The second-order valence-corrected chi connectivity index (χ2v) is 9.52. The fourth-order valence-corrected chi connectivity index (χ4v) is 5.02. The Bertz CT molecular complexity index is 1240. The Morgan fingerprint density at radius 1 is 1.00 bits per heavy atom. The van der Waals surface area contributed by atoms with Gasteiger partial charge in [-0.3, -0.25) is 23.9 Å². The van der Waals surface area contributed by atoms with Crippen LogP contribution in [0, 0.1) is 12.8 Å². The first-order chi connectivity index (χ1) is 17.8. The summed E-state index contributed by atoms with van der Waals surface area (Å²) in [6.45, 7) is 1.56. The first-order valence-corrected chi connectivity index (χ1v) is 12.5. The Balaban J connectivity index is 1.56. The van der Waals surface area contributed by atoms with Crippen LogP contribution in [0.1, 0.15) is 70.1 Å². The number of rotatable bonds is 9. The van der Waals surface area contributed by atoms with Gasteiger partial charge >= 0.3 is 0 Å². The molecule has 0 spiro atoms. The van der Waals surface area contributed by atoms with Crippen molar-refractivity contribution in [3.05, 3.63) is 77.1 Å². The average Bonchev–Trinajstić information content (AvgIpc) is 3.51. The quantitative estimate of drug-likeness (QED) is 0.329. The van der Waals surface area contributed by atoms with Crippen molar-refractivity contribution >= 4 is 17.6 Å². The Labute approximate surface area is 215 Å². The second kappa shape index (κ2) is 11.3. The van der Waals surface area contributed by atoms with E-state index in [0.717, 1.165) is 35.8 Å². The Hall–Kier alpha value is -4.14. The van der Waals surface area contributed by atoms with Gasteiger partial charge in [-0.1, -0.05) is 49.2 Å². The minimum absolute atomic E-state index is 0.0141. The van der Waals surface area contributed by atoms with Gasteiger partial charge < -0.3 is 20.8 Å². The number of amides is 2. The van der Waals surface area contributed by atoms with Gasteiger partial charge in [-0.05, 0) is 43.4 Å². The number of ketones is 1. The summed E-state index contributed by atoms with van der Waals surface area (Å²) in [6, 6.07) is 12.7. The number of aromatic hydroxyl groups is 2. The summed E-state index contributed by atoms with van der Waals surface area (Å²) in [5, 5.41) is 26.5. The van der Waals surface area contributed by atoms with Crippen LogP contribution in [-0.2, 0) is 11.8 Å². The van der Waals surface area contributed by atoms with E-state index in [4.69, 9.17) is 0 Å². The van der Waals surface area contributed by atoms with Gasteiger partial charge in [-0.2, -0.15) is 0 Å². The lowest BCUT2D eigenvalue weighted by Gasteiger charge is -2.25. The predicted octanol–water partition coefficient (Wildman–Crippen LogP) is 3.56. The molecule has 2 atom stereocenters. The highest BCUT2D eigenvalue weighted by atomic mass is 16.3. The molecule has 2 heterocycles. The molecule has 37 heavy (non-hydrogen) atoms. The minimum Gasteiger partial charge on any atom is -0.494 e. The molecule has 0 saturated heterocycles. The molecule has 1 aliphatic carbocycles. The van der Waals surface area contributed by atoms with Crippen molar-refractivity contribution in [2.24, 2.45) is 13.0 Å². The van der Waals surface area contributed by atoms with E-state index in [-0.39, 0.29) is 40.9 Å². The Kier molecular flexibility index (Phi) is 7.91. The largest absolute Gasteiger partial charge is 0.494 e. The van der Waals surface area contributed by atoms with E-state index in [1.807, 2.05) is 30.3 Å². The highest BCUT2D eigenvalue weighted by Crippen LogP contribution is 2.36. The van der Waals surface area contributed by atoms with Crippen LogP contribution in [0.2, 0.25) is 0 Å². The first kappa shape index (κ1) is 25.9. The van der Waals surface area contributed by atoms with Crippen LogP contribution in [0.4, 0.5) is 0 Å². The number of carbonyl (C=O) groups is 3. The van der Waals surface area contributed by atoms with E-state index >= 15 is 0 Å². The monoisotopic (exact) mass is 504 g/mol. The van der Waals surface area contributed by atoms with Crippen LogP contribution in [0.15, 0.2) is 54.7 Å². The van der Waals surface area contributed by atoms with Gasteiger partial charge in [0.2, 0.25) is 11.8 Å². The summed E-state index contributed by atoms with van der Waals surface area (Å²) in [7, 11) is 1.46. The van der Waals surface area contributed by atoms with Gasteiger partial charge in [0.25, 0.3) is 5.91 Å². The summed E-state index contributed by atoms with van der Waals surface area (Å²) in [5.41, 5.74) is 1.26. The molecule has 194 valence electrons. The first-order valence-electron chi connectivity index (χ1n) is 12.5. The van der Waals surface area contributed by atoms with Gasteiger partial charge in [-0.15, -0.1) is 0 Å². The van der Waals surface area contributed by atoms with E-state index in [0.29, 0.717) is 0 Å². The molecule has 1 aromatic carbocycles. The number of benzene rings is 1. The maximum absolute atomic E-state index is 13.6. The molecule has 4 N–H and O–H groups in total. The minimum atomic E-state index is -0.857. The molecule has 0 bridgehead atoms. The number of aromatic nitrogens is 2. The van der Waals surface area contributed by atoms with Gasteiger partial charge in [-0.25, -0.2) is 0 Å². The third kappa shape index (κ3) is 5.66. The third-order valence-electron chi connectivity index (χ3n) is 7.08. The molecule has 0 aliphatic heterocycles. The SMILES string of the molecule is Cc1c(C(=O)C(NC(=O)C[C@H](NC(=O)c2ccccn2)c2ccccc2)C2CCCC2)c(O)n(C)c1O. The normalized spacial score (nSPS) is 15.2. The molecule has 9 nitrogen and oxygen atoms in total. The molecule has 2 amide bonds. The number of carbonyl (C=O) groups excluding carboxylic acids is 3. The molecule has 1 saturated carbocycles. The summed E-state index contributed by atoms with van der Waals surface area (Å²) >= 11 is 0. The van der Waals surface area contributed by atoms with Crippen molar-refractivity contribution < 1.29 is 24.6 Å². The number of hydrogen-bond donors (Lipinski definition) is 4. The molecule has 4 rings (SSSR count). The second-order valence-electron chi connectivity index (χ2n) is 9.52. The molecular weight excluding hydrogens is 472 g/mol. The molecule has 3 aromatic rings. The summed E-state index contributed by atoms with van der Waals surface area (Å²) in [6.07, 6.45) is 4.87. The van der Waals surface area contributed by atoms with Gasteiger partial charge in [0.15, 0.2) is 11.7 Å². The molecule has 0 radical (unpaired) electrons. The van der Waals surface area contributed by atoms with Crippen LogP contribution in [-0.4, -0.2) is 43.4 Å². The number of hydrogen-bond acceptors (Lipinski definition) is 6. The van der Waals surface area contributed by atoms with E-state index in [9.17, 15) is 24.6 Å². The topological polar surface area (TPSA) is 134 Å². The van der Waals surface area contributed by atoms with Crippen LogP contribution in [0.3, 0.4) is 0 Å². The maximum Gasteiger partial charge on any atom is 0.270 e. The lowest BCUT2D eigenvalue weighted by molar-refractivity contribution is -0.122. The van der Waals surface area contributed by atoms with Crippen molar-refractivity contribution in [1.82, 2.24) is 20.2 Å². The maximum atomic E-state index is 13.6. The fraction of sp³-hybridized carbons (Fsp3) is 0.357. The summed E-state index contributed by atoms with van der Waals surface area (Å²) in [4.78, 5) is 43.9. The summed E-state index contributed by atoms with van der Waals surface area (Å²) in [5.74, 6) is -1.86. The zero-order valence-corrected chi connectivity index (χ0v) is 21.0. The van der Waals surface area contributed by atoms with Gasteiger partial charge in [0, 0.05) is 18.8 Å².